The molecule has 1 aromatic rings. The van der Waals surface area contributed by atoms with E-state index in [1.165, 1.54) is 0 Å². The molecular weight excluding hydrogens is 296 g/mol. The fourth-order valence-electron chi connectivity index (χ4n) is 3.32. The predicted octanol–water partition coefficient (Wildman–Crippen LogP) is 0.565. The van der Waals surface area contributed by atoms with Gasteiger partial charge < -0.3 is 19.3 Å². The average molecular weight is 320 g/mol. The Morgan fingerprint density at radius 1 is 1.39 bits per heavy atom. The Morgan fingerprint density at radius 3 is 2.91 bits per heavy atom. The molecule has 7 nitrogen and oxygen atoms in total. The van der Waals surface area contributed by atoms with E-state index in [0.717, 1.165) is 25.3 Å². The summed E-state index contributed by atoms with van der Waals surface area (Å²) >= 11 is 0. The fraction of sp³-hybridized carbons (Fsp3) is 0.688. The summed E-state index contributed by atoms with van der Waals surface area (Å²) in [5, 5.41) is 0. The zero-order valence-corrected chi connectivity index (χ0v) is 13.7. The summed E-state index contributed by atoms with van der Waals surface area (Å²) in [6.07, 6.45) is 5.69. The molecule has 7 heteroatoms. The molecule has 2 heterocycles. The van der Waals surface area contributed by atoms with Gasteiger partial charge in [0.25, 0.3) is 0 Å². The molecule has 0 aromatic carbocycles. The smallest absolute Gasteiger partial charge is 0.248 e. The van der Waals surface area contributed by atoms with Crippen molar-refractivity contribution in [3.63, 3.8) is 0 Å². The van der Waals surface area contributed by atoms with Crippen LogP contribution in [0.3, 0.4) is 0 Å². The second kappa shape index (κ2) is 7.23. The number of fused-ring (bicyclic) bond motifs is 1. The van der Waals surface area contributed by atoms with E-state index in [1.807, 2.05) is 6.07 Å². The van der Waals surface area contributed by atoms with Crippen LogP contribution in [0.5, 0.6) is 0 Å². The molecule has 1 aromatic heterocycles. The highest BCUT2D eigenvalue weighted by atomic mass is 16.5. The lowest BCUT2D eigenvalue weighted by Crippen LogP contribution is -2.49. The Hall–Kier alpha value is -1.73. The Kier molecular flexibility index (Phi) is 5.07. The Balaban J connectivity index is 1.55. The van der Waals surface area contributed by atoms with E-state index in [-0.39, 0.29) is 18.6 Å². The number of ether oxygens (including phenoxy) is 2. The number of carbonyl (C=O) groups is 1. The van der Waals surface area contributed by atoms with Gasteiger partial charge in [0.2, 0.25) is 11.9 Å². The van der Waals surface area contributed by atoms with Gasteiger partial charge in [0, 0.05) is 33.0 Å². The van der Waals surface area contributed by atoms with Crippen molar-refractivity contribution in [2.24, 2.45) is 5.92 Å². The zero-order chi connectivity index (χ0) is 16.2. The molecule has 1 aliphatic carbocycles. The molecule has 3 atom stereocenters. The number of amides is 1. The van der Waals surface area contributed by atoms with Crippen molar-refractivity contribution in [2.75, 3.05) is 45.4 Å². The largest absolute Gasteiger partial charge is 0.374 e. The molecule has 0 radical (unpaired) electrons. The van der Waals surface area contributed by atoms with E-state index >= 15 is 0 Å². The first-order valence-electron chi connectivity index (χ1n) is 8.08. The van der Waals surface area contributed by atoms with Crippen LogP contribution >= 0.6 is 0 Å². The maximum atomic E-state index is 11.6. The Bertz CT molecular complexity index is 525. The molecule has 2 aliphatic rings. The monoisotopic (exact) mass is 320 g/mol. The Morgan fingerprint density at radius 2 is 2.17 bits per heavy atom. The molecule has 0 spiro atoms. The molecular formula is C16H24N4O3. The van der Waals surface area contributed by atoms with E-state index in [1.54, 1.807) is 31.4 Å². The molecule has 1 saturated heterocycles. The second-order valence-corrected chi connectivity index (χ2v) is 6.36. The third-order valence-corrected chi connectivity index (χ3v) is 4.52. The number of nitrogens with zero attached hydrogens (tertiary/aromatic N) is 4. The van der Waals surface area contributed by atoms with Crippen LogP contribution in [0, 0.1) is 5.92 Å². The first-order chi connectivity index (χ1) is 11.1. The van der Waals surface area contributed by atoms with Crippen molar-refractivity contribution in [1.29, 1.82) is 0 Å². The summed E-state index contributed by atoms with van der Waals surface area (Å²) in [6, 6.07) is 2.12. The number of hydrogen-bond donors (Lipinski definition) is 0. The van der Waals surface area contributed by atoms with Gasteiger partial charge in [-0.25, -0.2) is 9.97 Å². The summed E-state index contributed by atoms with van der Waals surface area (Å²) in [5.41, 5.74) is 0. The number of hydrogen-bond acceptors (Lipinski definition) is 6. The van der Waals surface area contributed by atoms with Crippen molar-refractivity contribution >= 4 is 11.9 Å². The van der Waals surface area contributed by atoms with E-state index in [2.05, 4.69) is 14.9 Å². The first-order valence-corrected chi connectivity index (χ1v) is 8.08. The minimum Gasteiger partial charge on any atom is -0.374 e. The van der Waals surface area contributed by atoms with E-state index in [9.17, 15) is 4.79 Å². The van der Waals surface area contributed by atoms with Gasteiger partial charge >= 0.3 is 0 Å². The maximum Gasteiger partial charge on any atom is 0.248 e. The van der Waals surface area contributed by atoms with Crippen LogP contribution in [0.25, 0.3) is 0 Å². The van der Waals surface area contributed by atoms with Crippen LogP contribution in [0.2, 0.25) is 0 Å². The van der Waals surface area contributed by atoms with Crippen LogP contribution < -0.4 is 4.90 Å². The number of carbonyl (C=O) groups excluding carboxylic acids is 1. The topological polar surface area (TPSA) is 67.8 Å². The molecule has 2 fully saturated rings. The summed E-state index contributed by atoms with van der Waals surface area (Å²) < 4.78 is 11.5. The van der Waals surface area contributed by atoms with Gasteiger partial charge in [-0.3, -0.25) is 4.79 Å². The van der Waals surface area contributed by atoms with Crippen molar-refractivity contribution < 1.29 is 14.3 Å². The second-order valence-electron chi connectivity index (χ2n) is 6.36. The van der Waals surface area contributed by atoms with Crippen molar-refractivity contribution in [3.05, 3.63) is 18.5 Å². The third kappa shape index (κ3) is 3.79. The number of likely N-dealkylation sites (N-methyl/N-ethyl adjacent to an activating group) is 1. The quantitative estimate of drug-likeness (QED) is 0.790. The molecule has 1 saturated carbocycles. The molecule has 1 amide bonds. The molecule has 126 valence electrons. The van der Waals surface area contributed by atoms with Gasteiger partial charge in [-0.2, -0.15) is 0 Å². The molecule has 0 N–H and O–H groups in total. The Labute approximate surface area is 136 Å². The predicted molar refractivity (Wildman–Crippen MR) is 85.1 cm³/mol. The molecule has 23 heavy (non-hydrogen) atoms. The number of anilines is 1. The number of aromatic nitrogens is 2. The normalized spacial score (nSPS) is 26.9. The lowest BCUT2D eigenvalue weighted by molar-refractivity contribution is -0.134. The van der Waals surface area contributed by atoms with Crippen LogP contribution in [0.4, 0.5) is 5.95 Å². The lowest BCUT2D eigenvalue weighted by Gasteiger charge is -2.37. The molecule has 0 bridgehead atoms. The zero-order valence-electron chi connectivity index (χ0n) is 13.7. The van der Waals surface area contributed by atoms with Crippen LogP contribution in [0.1, 0.15) is 12.8 Å². The maximum absolute atomic E-state index is 11.6. The number of morpholine rings is 1. The summed E-state index contributed by atoms with van der Waals surface area (Å²) in [5.74, 6) is 1.18. The summed E-state index contributed by atoms with van der Waals surface area (Å²) in [4.78, 5) is 24.1. The first kappa shape index (κ1) is 16.1. The van der Waals surface area contributed by atoms with E-state index in [4.69, 9.17) is 9.47 Å². The van der Waals surface area contributed by atoms with Gasteiger partial charge in [0.15, 0.2) is 0 Å². The van der Waals surface area contributed by atoms with Gasteiger partial charge in [-0.15, -0.1) is 0 Å². The van der Waals surface area contributed by atoms with Crippen molar-refractivity contribution in [1.82, 2.24) is 14.9 Å². The fourth-order valence-corrected chi connectivity index (χ4v) is 3.32. The van der Waals surface area contributed by atoms with Crippen molar-refractivity contribution in [2.45, 2.75) is 25.0 Å². The lowest BCUT2D eigenvalue weighted by atomic mass is 10.1. The molecule has 3 rings (SSSR count). The SMILES string of the molecule is CN(C)C(=O)COCC1CC2OCCN(c3ncccn3)C2C1. The van der Waals surface area contributed by atoms with E-state index in [0.29, 0.717) is 25.2 Å². The van der Waals surface area contributed by atoms with Crippen molar-refractivity contribution in [3.8, 4) is 0 Å². The minimum absolute atomic E-state index is 0.00373. The number of rotatable bonds is 5. The van der Waals surface area contributed by atoms with Gasteiger partial charge in [0.1, 0.15) is 6.61 Å². The average Bonchev–Trinajstić information content (AvgIpc) is 2.98. The van der Waals surface area contributed by atoms with Gasteiger partial charge in [-0.1, -0.05) is 0 Å². The summed E-state index contributed by atoms with van der Waals surface area (Å²) in [6.45, 7) is 2.26. The third-order valence-electron chi connectivity index (χ3n) is 4.52. The summed E-state index contributed by atoms with van der Waals surface area (Å²) in [7, 11) is 3.47. The van der Waals surface area contributed by atoms with Gasteiger partial charge in [0.05, 0.1) is 25.4 Å². The van der Waals surface area contributed by atoms with Gasteiger partial charge in [-0.05, 0) is 24.8 Å². The van der Waals surface area contributed by atoms with E-state index < -0.39 is 0 Å². The molecule has 1 aliphatic heterocycles. The standard InChI is InChI=1S/C16H24N4O3/c1-19(2)15(21)11-22-10-12-8-13-14(9-12)23-7-6-20(13)16-17-4-3-5-18-16/h3-5,12-14H,6-11H2,1-2H3. The minimum atomic E-state index is -0.00373. The molecule has 3 unspecified atom stereocenters. The highest BCUT2D eigenvalue weighted by Crippen LogP contribution is 2.35. The van der Waals surface area contributed by atoms with Crippen LogP contribution in [0.15, 0.2) is 18.5 Å². The van der Waals surface area contributed by atoms with Crippen LogP contribution in [-0.2, 0) is 14.3 Å². The highest BCUT2D eigenvalue weighted by molar-refractivity contribution is 5.76. The highest BCUT2D eigenvalue weighted by Gasteiger charge is 2.42. The van der Waals surface area contributed by atoms with Crippen LogP contribution in [-0.4, -0.2) is 73.4 Å².